The van der Waals surface area contributed by atoms with Gasteiger partial charge in [0.05, 0.1) is 0 Å². The van der Waals surface area contributed by atoms with Gasteiger partial charge < -0.3 is 15.8 Å². The van der Waals surface area contributed by atoms with Crippen LogP contribution in [0, 0.1) is 5.92 Å². The monoisotopic (exact) mass is 220 g/mol. The first-order valence-electron chi connectivity index (χ1n) is 5.43. The van der Waals surface area contributed by atoms with E-state index in [-0.39, 0.29) is 12.5 Å². The number of nitrogen functional groups attached to an aromatic ring is 1. The molecule has 0 aliphatic heterocycles. The normalized spacial score (nSPS) is 22.6. The molecular formula is C12H16N2O2. The van der Waals surface area contributed by atoms with E-state index in [9.17, 15) is 4.79 Å². The predicted octanol–water partition coefficient (Wildman–Crippen LogP) is 1.17. The summed E-state index contributed by atoms with van der Waals surface area (Å²) in [6.45, 7) is 2.16. The molecule has 1 fully saturated rings. The number of carbonyl (C=O) groups excluding carboxylic acids is 1. The summed E-state index contributed by atoms with van der Waals surface area (Å²) in [5.74, 6) is 1.16. The third-order valence-electron chi connectivity index (χ3n) is 2.68. The molecule has 4 nitrogen and oxygen atoms in total. The Bertz CT molecular complexity index is 392. The Kier molecular flexibility index (Phi) is 2.99. The van der Waals surface area contributed by atoms with Crippen LogP contribution in [-0.2, 0) is 4.79 Å². The van der Waals surface area contributed by atoms with Crippen LogP contribution in [-0.4, -0.2) is 18.6 Å². The highest BCUT2D eigenvalue weighted by Crippen LogP contribution is 2.28. The van der Waals surface area contributed by atoms with Gasteiger partial charge in [0.15, 0.2) is 6.61 Å². The molecule has 3 N–H and O–H groups in total. The van der Waals surface area contributed by atoms with Crippen LogP contribution >= 0.6 is 0 Å². The van der Waals surface area contributed by atoms with E-state index >= 15 is 0 Å². The summed E-state index contributed by atoms with van der Waals surface area (Å²) >= 11 is 0. The summed E-state index contributed by atoms with van der Waals surface area (Å²) in [6, 6.07) is 7.40. The van der Waals surface area contributed by atoms with Crippen molar-refractivity contribution in [3.63, 3.8) is 0 Å². The van der Waals surface area contributed by atoms with E-state index in [2.05, 4.69) is 12.2 Å². The van der Waals surface area contributed by atoms with Crippen molar-refractivity contribution in [1.82, 2.24) is 5.32 Å². The number of benzene rings is 1. The van der Waals surface area contributed by atoms with Crippen LogP contribution in [0.4, 0.5) is 5.69 Å². The predicted molar refractivity (Wildman–Crippen MR) is 62.1 cm³/mol. The SMILES string of the molecule is CC1CC1NC(=O)COc1cccc(N)c1. The van der Waals surface area contributed by atoms with E-state index < -0.39 is 0 Å². The van der Waals surface area contributed by atoms with Gasteiger partial charge in [-0.25, -0.2) is 0 Å². The molecule has 1 aromatic carbocycles. The largest absolute Gasteiger partial charge is 0.484 e. The maximum Gasteiger partial charge on any atom is 0.258 e. The summed E-state index contributed by atoms with van der Waals surface area (Å²) in [6.07, 6.45) is 1.07. The number of ether oxygens (including phenoxy) is 1. The summed E-state index contributed by atoms with van der Waals surface area (Å²) in [4.78, 5) is 11.4. The highest BCUT2D eigenvalue weighted by Gasteiger charge is 2.33. The molecule has 1 amide bonds. The van der Waals surface area contributed by atoms with Gasteiger partial charge in [-0.15, -0.1) is 0 Å². The maximum atomic E-state index is 11.4. The molecule has 2 atom stereocenters. The lowest BCUT2D eigenvalue weighted by molar-refractivity contribution is -0.123. The van der Waals surface area contributed by atoms with Gasteiger partial charge in [0.25, 0.3) is 5.91 Å². The highest BCUT2D eigenvalue weighted by atomic mass is 16.5. The molecule has 0 radical (unpaired) electrons. The van der Waals surface area contributed by atoms with Crippen molar-refractivity contribution in [3.05, 3.63) is 24.3 Å². The Hall–Kier alpha value is -1.71. The molecule has 1 aliphatic rings. The zero-order chi connectivity index (χ0) is 11.5. The minimum atomic E-state index is -0.0724. The lowest BCUT2D eigenvalue weighted by atomic mass is 10.3. The van der Waals surface area contributed by atoms with Gasteiger partial charge in [-0.3, -0.25) is 4.79 Å². The Labute approximate surface area is 94.8 Å². The Morgan fingerprint density at radius 3 is 3.00 bits per heavy atom. The van der Waals surface area contributed by atoms with Crippen LogP contribution in [0.25, 0.3) is 0 Å². The van der Waals surface area contributed by atoms with Crippen molar-refractivity contribution in [3.8, 4) is 5.75 Å². The van der Waals surface area contributed by atoms with Gasteiger partial charge in [-0.05, 0) is 24.5 Å². The molecule has 2 unspecified atom stereocenters. The molecule has 0 bridgehead atoms. The second-order valence-electron chi connectivity index (χ2n) is 4.25. The third-order valence-corrected chi connectivity index (χ3v) is 2.68. The summed E-state index contributed by atoms with van der Waals surface area (Å²) in [7, 11) is 0. The summed E-state index contributed by atoms with van der Waals surface area (Å²) in [5.41, 5.74) is 6.23. The van der Waals surface area contributed by atoms with E-state index in [1.807, 2.05) is 0 Å². The fourth-order valence-electron chi connectivity index (χ4n) is 1.52. The van der Waals surface area contributed by atoms with E-state index in [4.69, 9.17) is 10.5 Å². The first kappa shape index (κ1) is 10.8. The second kappa shape index (κ2) is 4.43. The minimum Gasteiger partial charge on any atom is -0.484 e. The van der Waals surface area contributed by atoms with Gasteiger partial charge in [0.1, 0.15) is 5.75 Å². The average molecular weight is 220 g/mol. The molecule has 2 rings (SSSR count). The second-order valence-corrected chi connectivity index (χ2v) is 4.25. The number of rotatable bonds is 4. The standard InChI is InChI=1S/C12H16N2O2/c1-8-5-11(8)14-12(15)7-16-10-4-2-3-9(13)6-10/h2-4,6,8,11H,5,7,13H2,1H3,(H,14,15). The molecule has 86 valence electrons. The topological polar surface area (TPSA) is 64.3 Å². The van der Waals surface area contributed by atoms with Crippen LogP contribution in [0.3, 0.4) is 0 Å². The van der Waals surface area contributed by atoms with Crippen molar-refractivity contribution >= 4 is 11.6 Å². The summed E-state index contributed by atoms with van der Waals surface area (Å²) in [5, 5.41) is 2.89. The maximum absolute atomic E-state index is 11.4. The lowest BCUT2D eigenvalue weighted by Gasteiger charge is -2.07. The Morgan fingerprint density at radius 1 is 1.62 bits per heavy atom. The fourth-order valence-corrected chi connectivity index (χ4v) is 1.52. The molecule has 0 aromatic heterocycles. The van der Waals surface area contributed by atoms with Crippen LogP contribution < -0.4 is 15.8 Å². The van der Waals surface area contributed by atoms with Crippen molar-refractivity contribution < 1.29 is 9.53 Å². The van der Waals surface area contributed by atoms with Gasteiger partial charge in [0.2, 0.25) is 0 Å². The van der Waals surface area contributed by atoms with E-state index in [1.165, 1.54) is 0 Å². The van der Waals surface area contributed by atoms with Gasteiger partial charge in [0, 0.05) is 17.8 Å². The molecule has 0 saturated heterocycles. The molecule has 4 heteroatoms. The number of hydrogen-bond acceptors (Lipinski definition) is 3. The van der Waals surface area contributed by atoms with E-state index in [0.29, 0.717) is 23.4 Å². The number of nitrogens with one attached hydrogen (secondary N) is 1. The fraction of sp³-hybridized carbons (Fsp3) is 0.417. The van der Waals surface area contributed by atoms with E-state index in [0.717, 1.165) is 6.42 Å². The van der Waals surface area contributed by atoms with Crippen molar-refractivity contribution in [2.24, 2.45) is 5.92 Å². The van der Waals surface area contributed by atoms with Crippen molar-refractivity contribution in [1.29, 1.82) is 0 Å². The zero-order valence-corrected chi connectivity index (χ0v) is 9.27. The minimum absolute atomic E-state index is 0.0483. The lowest BCUT2D eigenvalue weighted by Crippen LogP contribution is -2.31. The number of nitrogens with two attached hydrogens (primary N) is 1. The van der Waals surface area contributed by atoms with Gasteiger partial charge in [-0.1, -0.05) is 13.0 Å². The van der Waals surface area contributed by atoms with Crippen LogP contribution in [0.15, 0.2) is 24.3 Å². The smallest absolute Gasteiger partial charge is 0.258 e. The average Bonchev–Trinajstić information content (AvgIpc) is 2.91. The molecule has 1 saturated carbocycles. The van der Waals surface area contributed by atoms with Crippen molar-refractivity contribution in [2.45, 2.75) is 19.4 Å². The Balaban J connectivity index is 1.76. The number of hydrogen-bond donors (Lipinski definition) is 2. The first-order chi connectivity index (χ1) is 7.65. The van der Waals surface area contributed by atoms with Gasteiger partial charge >= 0.3 is 0 Å². The van der Waals surface area contributed by atoms with E-state index in [1.54, 1.807) is 24.3 Å². The highest BCUT2D eigenvalue weighted by molar-refractivity contribution is 5.78. The summed E-state index contributed by atoms with van der Waals surface area (Å²) < 4.78 is 5.32. The zero-order valence-electron chi connectivity index (χ0n) is 9.27. The Morgan fingerprint density at radius 2 is 2.38 bits per heavy atom. The number of carbonyl (C=O) groups is 1. The molecule has 0 spiro atoms. The van der Waals surface area contributed by atoms with Crippen molar-refractivity contribution in [2.75, 3.05) is 12.3 Å². The van der Waals surface area contributed by atoms with Gasteiger partial charge in [-0.2, -0.15) is 0 Å². The quantitative estimate of drug-likeness (QED) is 0.749. The third kappa shape index (κ3) is 2.89. The van der Waals surface area contributed by atoms with Crippen LogP contribution in [0.2, 0.25) is 0 Å². The number of amides is 1. The van der Waals surface area contributed by atoms with Crippen LogP contribution in [0.1, 0.15) is 13.3 Å². The molecular weight excluding hydrogens is 204 g/mol. The molecule has 0 heterocycles. The first-order valence-corrected chi connectivity index (χ1v) is 5.43. The van der Waals surface area contributed by atoms with Crippen LogP contribution in [0.5, 0.6) is 5.75 Å². The number of anilines is 1. The molecule has 1 aromatic rings. The molecule has 1 aliphatic carbocycles. The molecule has 16 heavy (non-hydrogen) atoms.